The van der Waals surface area contributed by atoms with Gasteiger partial charge in [-0.3, -0.25) is 14.0 Å². The van der Waals surface area contributed by atoms with Crippen molar-refractivity contribution in [3.63, 3.8) is 0 Å². The molecule has 0 spiro atoms. The average molecular weight is 540 g/mol. The van der Waals surface area contributed by atoms with Gasteiger partial charge < -0.3 is 15.6 Å². The van der Waals surface area contributed by atoms with Crippen molar-refractivity contribution < 1.29 is 13.6 Å². The van der Waals surface area contributed by atoms with E-state index < -0.39 is 5.91 Å². The quantitative estimate of drug-likeness (QED) is 0.382. The van der Waals surface area contributed by atoms with Crippen LogP contribution in [0.2, 0.25) is 0 Å². The highest BCUT2D eigenvalue weighted by molar-refractivity contribution is 5.96. The largest absolute Gasteiger partial charge is 0.364 e. The Hall–Kier alpha value is -3.82. The number of halogens is 3. The molecule has 0 saturated carbocycles. The second kappa shape index (κ2) is 11.3. The molecule has 5 rings (SSSR count). The minimum Gasteiger partial charge on any atom is -0.364 e. The minimum absolute atomic E-state index is 0. The van der Waals surface area contributed by atoms with Crippen LogP contribution >= 0.6 is 12.4 Å². The molecule has 2 aromatic carbocycles. The number of nitrogens with one attached hydrogen (secondary N) is 1. The molecule has 2 aromatic heterocycles. The number of hydrogen-bond donors (Lipinski definition) is 2. The fourth-order valence-corrected chi connectivity index (χ4v) is 5.03. The molecular formula is C28H28ClF2N5O2. The third kappa shape index (κ3) is 5.39. The van der Waals surface area contributed by atoms with Gasteiger partial charge in [-0.15, -0.1) is 12.4 Å². The second-order valence-electron chi connectivity index (χ2n) is 9.29. The van der Waals surface area contributed by atoms with Gasteiger partial charge in [0.25, 0.3) is 11.5 Å². The van der Waals surface area contributed by atoms with Crippen molar-refractivity contribution in [2.45, 2.75) is 26.2 Å². The molecule has 198 valence electrons. The number of fused-ring (bicyclic) bond motifs is 1. The van der Waals surface area contributed by atoms with Crippen molar-refractivity contribution in [1.29, 1.82) is 0 Å². The summed E-state index contributed by atoms with van der Waals surface area (Å²) in [5.74, 6) is -1.29. The van der Waals surface area contributed by atoms with E-state index in [4.69, 9.17) is 5.73 Å². The Bertz CT molecular complexity index is 1500. The molecule has 3 heterocycles. The van der Waals surface area contributed by atoms with E-state index in [1.165, 1.54) is 40.6 Å². The lowest BCUT2D eigenvalue weighted by Gasteiger charge is -2.30. The third-order valence-corrected chi connectivity index (χ3v) is 6.99. The number of likely N-dealkylation sites (tertiary alicyclic amines) is 1. The van der Waals surface area contributed by atoms with Gasteiger partial charge in [-0.2, -0.15) is 0 Å². The van der Waals surface area contributed by atoms with Crippen LogP contribution in [-0.2, 0) is 6.42 Å². The van der Waals surface area contributed by atoms with Crippen molar-refractivity contribution in [2.24, 2.45) is 5.73 Å². The van der Waals surface area contributed by atoms with Crippen molar-refractivity contribution in [3.8, 4) is 0 Å². The van der Waals surface area contributed by atoms with Gasteiger partial charge in [0.2, 0.25) is 0 Å². The molecule has 38 heavy (non-hydrogen) atoms. The summed E-state index contributed by atoms with van der Waals surface area (Å²) in [4.78, 5) is 34.0. The number of primary amides is 1. The summed E-state index contributed by atoms with van der Waals surface area (Å²) >= 11 is 0. The number of H-pyrrole nitrogens is 1. The van der Waals surface area contributed by atoms with Crippen LogP contribution in [0.15, 0.2) is 65.2 Å². The Balaban J connectivity index is 0.00000336. The average Bonchev–Trinajstić information content (AvgIpc) is 3.31. The first-order chi connectivity index (χ1) is 17.8. The maximum Gasteiger partial charge on any atom is 0.271 e. The number of benzene rings is 2. The van der Waals surface area contributed by atoms with Gasteiger partial charge in [-0.25, -0.2) is 13.8 Å². The smallest absolute Gasteiger partial charge is 0.271 e. The number of nitrogens with zero attached hydrogens (tertiary/aromatic N) is 3. The van der Waals surface area contributed by atoms with Crippen LogP contribution in [0.1, 0.15) is 45.7 Å². The van der Waals surface area contributed by atoms with Gasteiger partial charge in [0.15, 0.2) is 11.3 Å². The molecule has 4 aromatic rings. The highest BCUT2D eigenvalue weighted by Gasteiger charge is 2.21. The summed E-state index contributed by atoms with van der Waals surface area (Å²) < 4.78 is 28.5. The number of aromatic amines is 1. The standard InChI is InChI=1S/C28H27F2N5O2.ClH/c1-17-23(28(37)35-16-32-25(26(31)36)27(35)33-17)12-15-34-13-10-20(11-14-34)24(18-2-6-21(29)7-3-18)19-4-8-22(30)9-5-19;/h2-9,16,33H,10-15H2,1H3,(H2,31,36);1H. The number of aryl methyl sites for hydroxylation is 1. The molecule has 1 aliphatic heterocycles. The fourth-order valence-electron chi connectivity index (χ4n) is 5.03. The van der Waals surface area contributed by atoms with E-state index in [1.807, 2.05) is 6.92 Å². The number of carbonyl (C=O) groups is 1. The number of nitrogens with two attached hydrogens (primary N) is 1. The van der Waals surface area contributed by atoms with E-state index in [9.17, 15) is 18.4 Å². The fraction of sp³-hybridized carbons (Fsp3) is 0.250. The van der Waals surface area contributed by atoms with E-state index in [1.54, 1.807) is 24.3 Å². The van der Waals surface area contributed by atoms with Gasteiger partial charge >= 0.3 is 0 Å². The lowest BCUT2D eigenvalue weighted by Crippen LogP contribution is -2.34. The van der Waals surface area contributed by atoms with Crippen LogP contribution in [0.25, 0.3) is 11.2 Å². The summed E-state index contributed by atoms with van der Waals surface area (Å²) in [6, 6.07) is 12.8. The highest BCUT2D eigenvalue weighted by atomic mass is 35.5. The third-order valence-electron chi connectivity index (χ3n) is 6.99. The maximum atomic E-state index is 13.6. The first-order valence-electron chi connectivity index (χ1n) is 12.2. The SMILES string of the molecule is Cc1[nH]c2c(C(N)=O)ncn2c(=O)c1CCN1CCC(=C(c2ccc(F)cc2)c2ccc(F)cc2)CC1.Cl. The van der Waals surface area contributed by atoms with E-state index in [2.05, 4.69) is 14.9 Å². The highest BCUT2D eigenvalue weighted by Crippen LogP contribution is 2.32. The van der Waals surface area contributed by atoms with E-state index in [0.717, 1.165) is 42.6 Å². The van der Waals surface area contributed by atoms with Gasteiger partial charge in [-0.1, -0.05) is 29.8 Å². The molecule has 1 fully saturated rings. The summed E-state index contributed by atoms with van der Waals surface area (Å²) in [5.41, 5.74) is 10.9. The summed E-state index contributed by atoms with van der Waals surface area (Å²) in [5, 5.41) is 0. The van der Waals surface area contributed by atoms with Crippen molar-refractivity contribution in [3.05, 3.63) is 110 Å². The molecule has 0 radical (unpaired) electrons. The number of imidazole rings is 1. The Morgan fingerprint density at radius 3 is 2.08 bits per heavy atom. The zero-order chi connectivity index (χ0) is 26.1. The first-order valence-corrected chi connectivity index (χ1v) is 12.2. The van der Waals surface area contributed by atoms with E-state index in [0.29, 0.717) is 29.9 Å². The van der Waals surface area contributed by atoms with Crippen LogP contribution in [0, 0.1) is 18.6 Å². The predicted octanol–water partition coefficient (Wildman–Crippen LogP) is 4.27. The monoisotopic (exact) mass is 539 g/mol. The van der Waals surface area contributed by atoms with Gasteiger partial charge in [0.1, 0.15) is 18.0 Å². The van der Waals surface area contributed by atoms with E-state index >= 15 is 0 Å². The molecule has 0 atom stereocenters. The molecule has 1 saturated heterocycles. The Labute approximate surface area is 224 Å². The number of rotatable bonds is 6. The molecule has 0 bridgehead atoms. The van der Waals surface area contributed by atoms with Crippen LogP contribution in [0.4, 0.5) is 8.78 Å². The molecular weight excluding hydrogens is 512 g/mol. The van der Waals surface area contributed by atoms with Crippen molar-refractivity contribution in [2.75, 3.05) is 19.6 Å². The Kier molecular flexibility index (Phi) is 8.08. The van der Waals surface area contributed by atoms with Crippen molar-refractivity contribution in [1.82, 2.24) is 19.3 Å². The van der Waals surface area contributed by atoms with Gasteiger partial charge in [-0.05, 0) is 67.2 Å². The second-order valence-corrected chi connectivity index (χ2v) is 9.29. The molecule has 0 aliphatic carbocycles. The molecule has 7 nitrogen and oxygen atoms in total. The minimum atomic E-state index is -0.692. The number of amides is 1. The molecule has 1 amide bonds. The van der Waals surface area contributed by atoms with Crippen LogP contribution < -0.4 is 11.3 Å². The zero-order valence-corrected chi connectivity index (χ0v) is 21.7. The lowest BCUT2D eigenvalue weighted by molar-refractivity contribution is 0.0997. The van der Waals surface area contributed by atoms with Crippen LogP contribution in [0.3, 0.4) is 0 Å². The number of hydrogen-bond acceptors (Lipinski definition) is 4. The topological polar surface area (TPSA) is 96.5 Å². The summed E-state index contributed by atoms with van der Waals surface area (Å²) in [6.45, 7) is 4.11. The first kappa shape index (κ1) is 27.2. The molecule has 1 aliphatic rings. The van der Waals surface area contributed by atoms with Crippen LogP contribution in [0.5, 0.6) is 0 Å². The van der Waals surface area contributed by atoms with Crippen LogP contribution in [-0.4, -0.2) is 44.8 Å². The predicted molar refractivity (Wildman–Crippen MR) is 145 cm³/mol. The number of aromatic nitrogens is 3. The van der Waals surface area contributed by atoms with E-state index in [-0.39, 0.29) is 35.3 Å². The van der Waals surface area contributed by atoms with Gasteiger partial charge in [0.05, 0.1) is 0 Å². The summed E-state index contributed by atoms with van der Waals surface area (Å²) in [6.07, 6.45) is 3.48. The molecule has 0 unspecified atom stereocenters. The summed E-state index contributed by atoms with van der Waals surface area (Å²) in [7, 11) is 0. The van der Waals surface area contributed by atoms with Gasteiger partial charge in [0, 0.05) is 30.9 Å². The number of piperidine rings is 1. The Morgan fingerprint density at radius 1 is 1.00 bits per heavy atom. The van der Waals surface area contributed by atoms with Crippen molar-refractivity contribution >= 4 is 29.5 Å². The normalized spacial score (nSPS) is 13.9. The number of carbonyl (C=O) groups excluding carboxylic acids is 1. The maximum absolute atomic E-state index is 13.6. The lowest BCUT2D eigenvalue weighted by atomic mass is 9.88. The molecule has 3 N–H and O–H groups in total. The Morgan fingerprint density at radius 2 is 1.55 bits per heavy atom. The molecule has 10 heteroatoms. The zero-order valence-electron chi connectivity index (χ0n) is 20.8.